The Kier molecular flexibility index (Phi) is 6.24. The lowest BCUT2D eigenvalue weighted by molar-refractivity contribution is -0.137. The number of aliphatic carboxylic acids is 1. The Bertz CT molecular complexity index is 504. The minimum absolute atomic E-state index is 0.00925. The molecule has 0 radical (unpaired) electrons. The zero-order valence-corrected chi connectivity index (χ0v) is 13.6. The summed E-state index contributed by atoms with van der Waals surface area (Å²) in [5, 5.41) is 18.6. The van der Waals surface area contributed by atoms with Crippen LogP contribution in [0.5, 0.6) is 5.75 Å². The summed E-state index contributed by atoms with van der Waals surface area (Å²) in [6.07, 6.45) is 0.882. The highest BCUT2D eigenvalue weighted by Gasteiger charge is 2.40. The molecule has 0 bridgehead atoms. The summed E-state index contributed by atoms with van der Waals surface area (Å²) in [5.41, 5.74) is 0.906. The molecule has 0 aliphatic carbocycles. The van der Waals surface area contributed by atoms with Crippen molar-refractivity contribution >= 4 is 11.7 Å². The monoisotopic (exact) mass is 323 g/mol. The summed E-state index contributed by atoms with van der Waals surface area (Å²) < 4.78 is 11.0. The molecular formula is C17H25NO5. The molecule has 0 aromatic heterocycles. The molecule has 6 nitrogen and oxygen atoms in total. The molecule has 128 valence electrons. The van der Waals surface area contributed by atoms with E-state index >= 15 is 0 Å². The van der Waals surface area contributed by atoms with Crippen LogP contribution in [0.25, 0.3) is 0 Å². The molecule has 3 atom stereocenters. The lowest BCUT2D eigenvalue weighted by atomic mass is 9.97. The van der Waals surface area contributed by atoms with Crippen molar-refractivity contribution in [1.29, 1.82) is 0 Å². The molecule has 0 saturated carbocycles. The molecule has 1 aliphatic rings. The predicted octanol–water partition coefficient (Wildman–Crippen LogP) is 2.11. The van der Waals surface area contributed by atoms with Gasteiger partial charge in [0.1, 0.15) is 5.75 Å². The first-order valence-electron chi connectivity index (χ1n) is 7.91. The number of benzene rings is 1. The van der Waals surface area contributed by atoms with Gasteiger partial charge >= 0.3 is 5.97 Å². The Morgan fingerprint density at radius 3 is 2.61 bits per heavy atom. The highest BCUT2D eigenvalue weighted by atomic mass is 16.5. The summed E-state index contributed by atoms with van der Waals surface area (Å²) in [6.45, 7) is 3.94. The van der Waals surface area contributed by atoms with E-state index < -0.39 is 5.97 Å². The Morgan fingerprint density at radius 1 is 1.30 bits per heavy atom. The molecule has 1 aliphatic heterocycles. The highest BCUT2D eigenvalue weighted by Crippen LogP contribution is 2.34. The van der Waals surface area contributed by atoms with E-state index in [9.17, 15) is 15.0 Å². The van der Waals surface area contributed by atoms with Crippen LogP contribution in [0, 0.1) is 5.92 Å². The van der Waals surface area contributed by atoms with E-state index in [4.69, 9.17) is 9.47 Å². The van der Waals surface area contributed by atoms with Gasteiger partial charge in [-0.2, -0.15) is 0 Å². The molecule has 23 heavy (non-hydrogen) atoms. The van der Waals surface area contributed by atoms with Crippen LogP contribution in [0.1, 0.15) is 19.8 Å². The van der Waals surface area contributed by atoms with Gasteiger partial charge in [-0.25, -0.2) is 0 Å². The number of hydrogen-bond donors (Lipinski definition) is 2. The fraction of sp³-hybridized carbons (Fsp3) is 0.588. The third-order valence-electron chi connectivity index (χ3n) is 4.36. The normalized spacial score (nSPS) is 24.1. The molecule has 1 fully saturated rings. The molecule has 0 spiro atoms. The van der Waals surface area contributed by atoms with Gasteiger partial charge in [-0.1, -0.05) is 6.92 Å². The lowest BCUT2D eigenvalue weighted by Crippen LogP contribution is -2.34. The Balaban J connectivity index is 2.08. The molecule has 1 saturated heterocycles. The standard InChI is InChI=1S/C17H25NO5/c1-12-15(10-17(20)21)18(13-4-6-14(19)7-5-13)11-16(12)23-9-3-8-22-2/h4-7,12,15-16,19H,3,8-11H2,1-2H3,(H,20,21)/t12-,15-,16-/m0/s1. The number of aromatic hydroxyl groups is 1. The van der Waals surface area contributed by atoms with Gasteiger partial charge in [0.2, 0.25) is 0 Å². The Morgan fingerprint density at radius 2 is 2.00 bits per heavy atom. The predicted molar refractivity (Wildman–Crippen MR) is 86.9 cm³/mol. The van der Waals surface area contributed by atoms with Crippen molar-refractivity contribution in [3.63, 3.8) is 0 Å². The fourth-order valence-electron chi connectivity index (χ4n) is 3.09. The minimum Gasteiger partial charge on any atom is -0.508 e. The van der Waals surface area contributed by atoms with Crippen molar-refractivity contribution in [2.75, 3.05) is 31.8 Å². The number of phenolic OH excluding ortho intramolecular Hbond substituents is 1. The second-order valence-electron chi connectivity index (χ2n) is 5.95. The zero-order valence-electron chi connectivity index (χ0n) is 13.6. The van der Waals surface area contributed by atoms with E-state index in [1.807, 2.05) is 19.1 Å². The first-order chi connectivity index (χ1) is 11.0. The van der Waals surface area contributed by atoms with Crippen LogP contribution in [0.3, 0.4) is 0 Å². The average Bonchev–Trinajstić information content (AvgIpc) is 2.81. The van der Waals surface area contributed by atoms with Crippen LogP contribution < -0.4 is 4.90 Å². The van der Waals surface area contributed by atoms with Gasteiger partial charge in [-0.05, 0) is 30.7 Å². The van der Waals surface area contributed by atoms with Crippen molar-refractivity contribution in [3.05, 3.63) is 24.3 Å². The number of methoxy groups -OCH3 is 1. The molecular weight excluding hydrogens is 298 g/mol. The topological polar surface area (TPSA) is 79.2 Å². The van der Waals surface area contributed by atoms with Gasteiger partial charge in [0.25, 0.3) is 0 Å². The van der Waals surface area contributed by atoms with Crippen molar-refractivity contribution in [3.8, 4) is 5.75 Å². The summed E-state index contributed by atoms with van der Waals surface area (Å²) in [7, 11) is 1.66. The van der Waals surface area contributed by atoms with Gasteiger partial charge < -0.3 is 24.6 Å². The molecule has 6 heteroatoms. The fourth-order valence-corrected chi connectivity index (χ4v) is 3.09. The van der Waals surface area contributed by atoms with E-state index in [1.165, 1.54) is 0 Å². The number of ether oxygens (including phenoxy) is 2. The second-order valence-corrected chi connectivity index (χ2v) is 5.95. The number of phenols is 1. The number of hydrogen-bond acceptors (Lipinski definition) is 5. The van der Waals surface area contributed by atoms with E-state index in [0.29, 0.717) is 19.8 Å². The second kappa shape index (κ2) is 8.17. The molecule has 1 aromatic rings. The third-order valence-corrected chi connectivity index (χ3v) is 4.36. The summed E-state index contributed by atoms with van der Waals surface area (Å²) in [4.78, 5) is 13.3. The molecule has 2 N–H and O–H groups in total. The maximum Gasteiger partial charge on any atom is 0.305 e. The molecule has 0 amide bonds. The molecule has 1 heterocycles. The molecule has 0 unspecified atom stereocenters. The number of carboxylic acids is 1. The minimum atomic E-state index is -0.814. The lowest BCUT2D eigenvalue weighted by Gasteiger charge is -2.27. The molecule has 2 rings (SSSR count). The van der Waals surface area contributed by atoms with Crippen LogP contribution in [0.15, 0.2) is 24.3 Å². The van der Waals surface area contributed by atoms with Gasteiger partial charge in [0.05, 0.1) is 12.5 Å². The van der Waals surface area contributed by atoms with Crippen LogP contribution in [0.4, 0.5) is 5.69 Å². The van der Waals surface area contributed by atoms with Crippen LogP contribution >= 0.6 is 0 Å². The van der Waals surface area contributed by atoms with Gasteiger partial charge in [-0.15, -0.1) is 0 Å². The summed E-state index contributed by atoms with van der Waals surface area (Å²) in [5.74, 6) is -0.503. The number of rotatable bonds is 8. The summed E-state index contributed by atoms with van der Waals surface area (Å²) in [6, 6.07) is 6.73. The Hall–Kier alpha value is -1.79. The SMILES string of the molecule is COCCCO[C@H]1CN(c2ccc(O)cc2)[C@@H](CC(=O)O)[C@@H]1C. The number of carboxylic acid groups (broad SMARTS) is 1. The zero-order chi connectivity index (χ0) is 16.8. The average molecular weight is 323 g/mol. The highest BCUT2D eigenvalue weighted by molar-refractivity contribution is 5.69. The van der Waals surface area contributed by atoms with Crippen LogP contribution in [-0.2, 0) is 14.3 Å². The van der Waals surface area contributed by atoms with Gasteiger partial charge in [0, 0.05) is 44.5 Å². The number of nitrogens with zero attached hydrogens (tertiary/aromatic N) is 1. The maximum atomic E-state index is 11.2. The van der Waals surface area contributed by atoms with E-state index in [1.54, 1.807) is 19.2 Å². The van der Waals surface area contributed by atoms with E-state index in [2.05, 4.69) is 4.90 Å². The van der Waals surface area contributed by atoms with Crippen LogP contribution in [-0.4, -0.2) is 55.2 Å². The quantitative estimate of drug-likeness (QED) is 0.713. The maximum absolute atomic E-state index is 11.2. The first-order valence-corrected chi connectivity index (χ1v) is 7.91. The van der Waals surface area contributed by atoms with Crippen LogP contribution in [0.2, 0.25) is 0 Å². The Labute approximate surface area is 136 Å². The van der Waals surface area contributed by atoms with Gasteiger partial charge in [0.15, 0.2) is 0 Å². The van der Waals surface area contributed by atoms with Crippen molar-refractivity contribution < 1.29 is 24.5 Å². The van der Waals surface area contributed by atoms with Gasteiger partial charge in [-0.3, -0.25) is 4.79 Å². The number of anilines is 1. The molecule has 1 aromatic carbocycles. The van der Waals surface area contributed by atoms with Crippen molar-refractivity contribution in [2.45, 2.75) is 31.9 Å². The van der Waals surface area contributed by atoms with Crippen molar-refractivity contribution in [2.24, 2.45) is 5.92 Å². The third kappa shape index (κ3) is 4.59. The first kappa shape index (κ1) is 17.6. The smallest absolute Gasteiger partial charge is 0.305 e. The summed E-state index contributed by atoms with van der Waals surface area (Å²) >= 11 is 0. The number of carbonyl (C=O) groups is 1. The largest absolute Gasteiger partial charge is 0.508 e. The van der Waals surface area contributed by atoms with Crippen molar-refractivity contribution in [1.82, 2.24) is 0 Å². The van der Waals surface area contributed by atoms with E-state index in [-0.39, 0.29) is 30.2 Å². The van der Waals surface area contributed by atoms with E-state index in [0.717, 1.165) is 12.1 Å².